The van der Waals surface area contributed by atoms with Gasteiger partial charge in [0.2, 0.25) is 0 Å². The minimum absolute atomic E-state index is 0.168. The molecule has 2 atom stereocenters. The van der Waals surface area contributed by atoms with Crippen LogP contribution in [0.5, 0.6) is 0 Å². The number of esters is 2. The first-order chi connectivity index (χ1) is 15.4. The van der Waals surface area contributed by atoms with Gasteiger partial charge in [-0.3, -0.25) is 9.59 Å². The van der Waals surface area contributed by atoms with Crippen molar-refractivity contribution in [3.05, 3.63) is 35.0 Å². The highest BCUT2D eigenvalue weighted by Crippen LogP contribution is 2.32. The minimum atomic E-state index is -0.877. The second-order valence-corrected chi connectivity index (χ2v) is 9.09. The highest BCUT2D eigenvalue weighted by atomic mass is 16.5. The molecule has 4 rings (SSSR count). The summed E-state index contributed by atoms with van der Waals surface area (Å²) in [5, 5.41) is 1.07. The van der Waals surface area contributed by atoms with Crippen molar-refractivity contribution >= 4 is 28.7 Å². The van der Waals surface area contributed by atoms with Gasteiger partial charge in [-0.2, -0.15) is 0 Å². The number of benzene rings is 1. The first-order valence-electron chi connectivity index (χ1n) is 11.7. The van der Waals surface area contributed by atoms with Crippen molar-refractivity contribution in [3.63, 3.8) is 0 Å². The Morgan fingerprint density at radius 3 is 2.66 bits per heavy atom. The fourth-order valence-electron chi connectivity index (χ4n) is 4.85. The maximum absolute atomic E-state index is 12.8. The molecule has 1 aromatic carbocycles. The van der Waals surface area contributed by atoms with E-state index in [-0.39, 0.29) is 17.8 Å². The highest BCUT2D eigenvalue weighted by Gasteiger charge is 2.31. The lowest BCUT2D eigenvalue weighted by Gasteiger charge is -2.32. The van der Waals surface area contributed by atoms with E-state index >= 15 is 0 Å². The Hall–Kier alpha value is -2.83. The van der Waals surface area contributed by atoms with E-state index in [1.165, 1.54) is 17.7 Å². The number of aromatic nitrogens is 1. The van der Waals surface area contributed by atoms with Crippen molar-refractivity contribution < 1.29 is 23.9 Å². The molecule has 1 saturated heterocycles. The smallest absolute Gasteiger partial charge is 0.338 e. The molecular weight excluding hydrogens is 408 g/mol. The molecule has 0 saturated carbocycles. The summed E-state index contributed by atoms with van der Waals surface area (Å²) >= 11 is 0. The van der Waals surface area contributed by atoms with Crippen molar-refractivity contribution in [1.29, 1.82) is 0 Å². The Kier molecular flexibility index (Phi) is 6.53. The highest BCUT2D eigenvalue weighted by molar-refractivity contribution is 5.97. The standard InChI is InChI=1S/C25H32N2O5/c1-4-31-24(29)17-9-11-27(12-10-17)23(28)16(3)32-25(30)18-6-8-22-20(14-18)19-13-15(2)5-7-21(19)26-22/h6,8,14-17,26H,4-5,7,9-13H2,1-3H3/t15-,16-/m0/s1. The maximum Gasteiger partial charge on any atom is 0.338 e. The molecule has 0 unspecified atom stereocenters. The van der Waals surface area contributed by atoms with Crippen molar-refractivity contribution in [2.24, 2.45) is 11.8 Å². The zero-order valence-corrected chi connectivity index (χ0v) is 19.1. The zero-order chi connectivity index (χ0) is 22.8. The molecule has 1 aromatic heterocycles. The third-order valence-electron chi connectivity index (χ3n) is 6.73. The predicted octanol–water partition coefficient (Wildman–Crippen LogP) is 3.64. The van der Waals surface area contributed by atoms with Gasteiger partial charge in [0.15, 0.2) is 6.10 Å². The number of aromatic amines is 1. The van der Waals surface area contributed by atoms with Crippen LogP contribution in [-0.4, -0.2) is 53.5 Å². The first-order valence-corrected chi connectivity index (χ1v) is 11.7. The number of fused-ring (bicyclic) bond motifs is 3. The van der Waals surface area contributed by atoms with Gasteiger partial charge in [0.05, 0.1) is 18.1 Å². The second kappa shape index (κ2) is 9.35. The van der Waals surface area contributed by atoms with E-state index in [1.807, 2.05) is 12.1 Å². The van der Waals surface area contributed by atoms with Crippen LogP contribution in [0.3, 0.4) is 0 Å². The van der Waals surface area contributed by atoms with E-state index in [0.717, 1.165) is 23.7 Å². The van der Waals surface area contributed by atoms with Gasteiger partial charge in [-0.1, -0.05) is 6.92 Å². The fraction of sp³-hybridized carbons (Fsp3) is 0.560. The van der Waals surface area contributed by atoms with Crippen molar-refractivity contribution in [3.8, 4) is 0 Å². The topological polar surface area (TPSA) is 88.7 Å². The molecule has 7 nitrogen and oxygen atoms in total. The third-order valence-corrected chi connectivity index (χ3v) is 6.73. The number of H-pyrrole nitrogens is 1. The van der Waals surface area contributed by atoms with E-state index in [9.17, 15) is 14.4 Å². The number of hydrogen-bond acceptors (Lipinski definition) is 5. The number of aryl methyl sites for hydroxylation is 1. The predicted molar refractivity (Wildman–Crippen MR) is 120 cm³/mol. The van der Waals surface area contributed by atoms with Gasteiger partial charge in [-0.15, -0.1) is 0 Å². The van der Waals surface area contributed by atoms with Crippen molar-refractivity contribution in [2.75, 3.05) is 19.7 Å². The molecule has 172 valence electrons. The zero-order valence-electron chi connectivity index (χ0n) is 19.1. The molecule has 1 N–H and O–H groups in total. The number of hydrogen-bond donors (Lipinski definition) is 1. The Labute approximate surface area is 188 Å². The summed E-state index contributed by atoms with van der Waals surface area (Å²) < 4.78 is 10.6. The minimum Gasteiger partial charge on any atom is -0.466 e. The lowest BCUT2D eigenvalue weighted by Crippen LogP contribution is -2.45. The van der Waals surface area contributed by atoms with E-state index in [2.05, 4.69) is 11.9 Å². The van der Waals surface area contributed by atoms with Crippen LogP contribution >= 0.6 is 0 Å². The fourth-order valence-corrected chi connectivity index (χ4v) is 4.85. The molecule has 2 heterocycles. The number of carbonyl (C=O) groups is 3. The Bertz CT molecular complexity index is 1020. The molecule has 1 amide bonds. The molecule has 7 heteroatoms. The summed E-state index contributed by atoms with van der Waals surface area (Å²) in [5.74, 6) is -0.459. The number of rotatable bonds is 5. The largest absolute Gasteiger partial charge is 0.466 e. The Morgan fingerprint density at radius 2 is 1.94 bits per heavy atom. The number of piperidine rings is 1. The quantitative estimate of drug-likeness (QED) is 0.717. The molecular formula is C25H32N2O5. The number of carbonyl (C=O) groups excluding carboxylic acids is 3. The Balaban J connectivity index is 1.38. The number of likely N-dealkylation sites (tertiary alicyclic amines) is 1. The third kappa shape index (κ3) is 4.52. The monoisotopic (exact) mass is 440 g/mol. The molecule has 2 aromatic rings. The molecule has 0 bridgehead atoms. The van der Waals surface area contributed by atoms with Crippen LogP contribution in [-0.2, 0) is 31.9 Å². The van der Waals surface area contributed by atoms with Crippen LogP contribution in [0.2, 0.25) is 0 Å². The molecule has 32 heavy (non-hydrogen) atoms. The van der Waals surface area contributed by atoms with Crippen LogP contribution < -0.4 is 0 Å². The van der Waals surface area contributed by atoms with Gasteiger partial charge >= 0.3 is 11.9 Å². The average Bonchev–Trinajstić information content (AvgIpc) is 3.15. The normalized spacial score (nSPS) is 20.0. The van der Waals surface area contributed by atoms with Crippen LogP contribution in [0.15, 0.2) is 18.2 Å². The second-order valence-electron chi connectivity index (χ2n) is 9.09. The summed E-state index contributed by atoms with van der Waals surface area (Å²) in [6.45, 7) is 6.93. The summed E-state index contributed by atoms with van der Waals surface area (Å²) in [6, 6.07) is 5.55. The number of ether oxygens (including phenoxy) is 2. The van der Waals surface area contributed by atoms with Crippen LogP contribution in [0.25, 0.3) is 10.9 Å². The summed E-state index contributed by atoms with van der Waals surface area (Å²) in [6.07, 6.45) is 3.47. The van der Waals surface area contributed by atoms with Crippen LogP contribution in [0, 0.1) is 11.8 Å². The van der Waals surface area contributed by atoms with Gasteiger partial charge in [-0.05, 0) is 75.6 Å². The van der Waals surface area contributed by atoms with Gasteiger partial charge in [0.25, 0.3) is 5.91 Å². The molecule has 1 fully saturated rings. The number of nitrogens with zero attached hydrogens (tertiary/aromatic N) is 1. The summed E-state index contributed by atoms with van der Waals surface area (Å²) in [4.78, 5) is 42.6. The molecule has 0 spiro atoms. The van der Waals surface area contributed by atoms with Crippen LogP contribution in [0.4, 0.5) is 0 Å². The average molecular weight is 441 g/mol. The van der Waals surface area contributed by atoms with Crippen LogP contribution in [0.1, 0.15) is 61.6 Å². The lowest BCUT2D eigenvalue weighted by molar-refractivity contribution is -0.152. The van der Waals surface area contributed by atoms with Crippen molar-refractivity contribution in [2.45, 2.75) is 59.0 Å². The summed E-state index contributed by atoms with van der Waals surface area (Å²) in [5.41, 5.74) is 4.05. The van der Waals surface area contributed by atoms with Gasteiger partial charge < -0.3 is 19.4 Å². The molecule has 1 aliphatic carbocycles. The maximum atomic E-state index is 12.8. The van der Waals surface area contributed by atoms with Crippen molar-refractivity contribution in [1.82, 2.24) is 9.88 Å². The molecule has 1 aliphatic heterocycles. The number of nitrogens with one attached hydrogen (secondary N) is 1. The van der Waals surface area contributed by atoms with E-state index in [0.29, 0.717) is 44.0 Å². The van der Waals surface area contributed by atoms with E-state index in [1.54, 1.807) is 24.8 Å². The van der Waals surface area contributed by atoms with E-state index in [4.69, 9.17) is 9.47 Å². The van der Waals surface area contributed by atoms with Gasteiger partial charge in [-0.25, -0.2) is 4.79 Å². The van der Waals surface area contributed by atoms with E-state index < -0.39 is 12.1 Å². The number of amides is 1. The van der Waals surface area contributed by atoms with Gasteiger partial charge in [0.1, 0.15) is 0 Å². The molecule has 0 radical (unpaired) electrons. The Morgan fingerprint density at radius 1 is 1.19 bits per heavy atom. The lowest BCUT2D eigenvalue weighted by atomic mass is 9.87. The SMILES string of the molecule is CCOC(=O)C1CCN(C(=O)[C@H](C)OC(=O)c2ccc3[nH]c4c(c3c2)C[C@@H](C)CC4)CC1. The first kappa shape index (κ1) is 22.4. The summed E-state index contributed by atoms with van der Waals surface area (Å²) in [7, 11) is 0. The molecule has 2 aliphatic rings. The van der Waals surface area contributed by atoms with Gasteiger partial charge in [0, 0.05) is 29.7 Å².